The van der Waals surface area contributed by atoms with E-state index in [2.05, 4.69) is 30.5 Å². The summed E-state index contributed by atoms with van der Waals surface area (Å²) in [5.74, 6) is -1.96. The van der Waals surface area contributed by atoms with E-state index in [9.17, 15) is 18.8 Å². The Morgan fingerprint density at radius 3 is 2.80 bits per heavy atom. The van der Waals surface area contributed by atoms with Gasteiger partial charge in [0.1, 0.15) is 17.1 Å². The lowest BCUT2D eigenvalue weighted by atomic mass is 10.1. The minimum absolute atomic E-state index is 0.0524. The van der Waals surface area contributed by atoms with Crippen LogP contribution in [-0.2, 0) is 11.2 Å². The number of fused-ring (bicyclic) bond motifs is 1. The number of carbonyl (C=O) groups excluding carboxylic acids is 3. The number of halogens is 1. The van der Waals surface area contributed by atoms with Crippen molar-refractivity contribution in [3.05, 3.63) is 65.6 Å². The number of Topliss-reactive ketones (excluding diaryl/α,β-unsaturated/α-hetero) is 1. The Bertz CT molecular complexity index is 1250. The highest BCUT2D eigenvalue weighted by molar-refractivity contribution is 6.36. The summed E-state index contributed by atoms with van der Waals surface area (Å²) in [6.07, 6.45) is 6.31. The predicted octanol–water partition coefficient (Wildman–Crippen LogP) is 1.84. The van der Waals surface area contributed by atoms with Crippen molar-refractivity contribution in [2.24, 2.45) is 0 Å². The molecule has 4 aromatic heterocycles. The molecular weight excluding hydrogens is 391 g/mol. The number of amides is 1. The Hall–Kier alpha value is -4.21. The van der Waals surface area contributed by atoms with Crippen molar-refractivity contribution in [3.63, 3.8) is 0 Å². The van der Waals surface area contributed by atoms with Gasteiger partial charge < -0.3 is 10.3 Å². The van der Waals surface area contributed by atoms with Crippen LogP contribution < -0.4 is 5.32 Å². The molecule has 0 saturated carbocycles. The van der Waals surface area contributed by atoms with Gasteiger partial charge in [-0.1, -0.05) is 0 Å². The Morgan fingerprint density at radius 1 is 1.23 bits per heavy atom. The van der Waals surface area contributed by atoms with Crippen LogP contribution in [0.2, 0.25) is 0 Å². The molecule has 30 heavy (non-hydrogen) atoms. The number of hydrogen-bond donors (Lipinski definition) is 3. The Labute approximate surface area is 168 Å². The third-order valence-corrected chi connectivity index (χ3v) is 4.55. The minimum atomic E-state index is -0.853. The summed E-state index contributed by atoms with van der Waals surface area (Å²) in [6.45, 7) is 0.421. The first-order valence-electron chi connectivity index (χ1n) is 8.96. The largest absolute Gasteiger partial charge is 0.359 e. The SMILES string of the molecule is O=CC(=O)c1c[nH]c2c(-c3cc(C(=O)NCCc4ccncc4)[nH]n3)ncc(F)c12. The van der Waals surface area contributed by atoms with Gasteiger partial charge in [0, 0.05) is 25.1 Å². The Balaban J connectivity index is 1.55. The first-order valence-corrected chi connectivity index (χ1v) is 8.96. The lowest BCUT2D eigenvalue weighted by Gasteiger charge is -2.03. The second-order valence-electron chi connectivity index (χ2n) is 6.42. The maximum Gasteiger partial charge on any atom is 0.269 e. The summed E-state index contributed by atoms with van der Waals surface area (Å²) < 4.78 is 14.2. The second kappa shape index (κ2) is 8.03. The van der Waals surface area contributed by atoms with Crippen molar-refractivity contribution in [2.75, 3.05) is 6.54 Å². The third-order valence-electron chi connectivity index (χ3n) is 4.55. The summed E-state index contributed by atoms with van der Waals surface area (Å²) in [4.78, 5) is 45.6. The van der Waals surface area contributed by atoms with Crippen molar-refractivity contribution in [1.82, 2.24) is 30.5 Å². The molecule has 0 radical (unpaired) electrons. The smallest absolute Gasteiger partial charge is 0.269 e. The number of rotatable bonds is 7. The van der Waals surface area contributed by atoms with E-state index >= 15 is 0 Å². The van der Waals surface area contributed by atoms with Gasteiger partial charge in [-0.05, 0) is 30.2 Å². The molecular formula is C20H15FN6O3. The van der Waals surface area contributed by atoms with Crippen molar-refractivity contribution < 1.29 is 18.8 Å². The van der Waals surface area contributed by atoms with Gasteiger partial charge in [-0.3, -0.25) is 24.5 Å². The van der Waals surface area contributed by atoms with Crippen LogP contribution in [-0.4, -0.2) is 49.7 Å². The molecule has 10 heteroatoms. The number of aromatic nitrogens is 5. The number of nitrogens with zero attached hydrogens (tertiary/aromatic N) is 3. The molecule has 0 aliphatic rings. The summed E-state index contributed by atoms with van der Waals surface area (Å²) >= 11 is 0. The minimum Gasteiger partial charge on any atom is -0.359 e. The average molecular weight is 406 g/mol. The van der Waals surface area contributed by atoms with Crippen molar-refractivity contribution in [1.29, 1.82) is 0 Å². The molecule has 4 heterocycles. The van der Waals surface area contributed by atoms with Crippen molar-refractivity contribution >= 4 is 28.9 Å². The average Bonchev–Trinajstić information content (AvgIpc) is 3.43. The van der Waals surface area contributed by atoms with Crippen LogP contribution in [0, 0.1) is 5.82 Å². The summed E-state index contributed by atoms with van der Waals surface area (Å²) in [5.41, 5.74) is 1.88. The zero-order valence-electron chi connectivity index (χ0n) is 15.5. The maximum atomic E-state index is 14.2. The normalized spacial score (nSPS) is 10.8. The number of nitrogens with one attached hydrogen (secondary N) is 3. The molecule has 4 rings (SSSR count). The maximum absolute atomic E-state index is 14.2. The molecule has 9 nitrogen and oxygen atoms in total. The lowest BCUT2D eigenvalue weighted by molar-refractivity contribution is -0.104. The highest BCUT2D eigenvalue weighted by Crippen LogP contribution is 2.29. The molecule has 0 saturated heterocycles. The van der Waals surface area contributed by atoms with Crippen LogP contribution in [0.5, 0.6) is 0 Å². The number of pyridine rings is 2. The number of aromatic amines is 2. The topological polar surface area (TPSA) is 133 Å². The van der Waals surface area contributed by atoms with Crippen LogP contribution in [0.1, 0.15) is 26.4 Å². The fourth-order valence-corrected chi connectivity index (χ4v) is 3.08. The van der Waals surface area contributed by atoms with E-state index in [1.54, 1.807) is 12.4 Å². The molecule has 0 aliphatic heterocycles. The van der Waals surface area contributed by atoms with E-state index in [0.717, 1.165) is 11.8 Å². The Morgan fingerprint density at radius 2 is 2.03 bits per heavy atom. The highest BCUT2D eigenvalue weighted by atomic mass is 19.1. The summed E-state index contributed by atoms with van der Waals surface area (Å²) in [7, 11) is 0. The monoisotopic (exact) mass is 406 g/mol. The molecule has 1 amide bonds. The number of H-pyrrole nitrogens is 2. The van der Waals surface area contributed by atoms with E-state index in [0.29, 0.717) is 13.0 Å². The van der Waals surface area contributed by atoms with Gasteiger partial charge in [0.05, 0.1) is 22.7 Å². The molecule has 0 spiro atoms. The second-order valence-corrected chi connectivity index (χ2v) is 6.42. The third kappa shape index (κ3) is 3.58. The van der Waals surface area contributed by atoms with Crippen LogP contribution >= 0.6 is 0 Å². The van der Waals surface area contributed by atoms with Gasteiger partial charge >= 0.3 is 0 Å². The summed E-state index contributed by atoms with van der Waals surface area (Å²) in [5, 5.41) is 9.43. The number of ketones is 1. The van der Waals surface area contributed by atoms with Gasteiger partial charge in [0.25, 0.3) is 5.91 Å². The Kier molecular flexibility index (Phi) is 5.12. The molecule has 0 fully saturated rings. The number of carbonyl (C=O) groups is 3. The van der Waals surface area contributed by atoms with E-state index in [4.69, 9.17) is 0 Å². The molecule has 150 valence electrons. The first kappa shape index (κ1) is 19.1. The molecule has 0 aromatic carbocycles. The predicted molar refractivity (Wildman–Crippen MR) is 104 cm³/mol. The van der Waals surface area contributed by atoms with Crippen LogP contribution in [0.3, 0.4) is 0 Å². The summed E-state index contributed by atoms with van der Waals surface area (Å²) in [6, 6.07) is 5.21. The lowest BCUT2D eigenvalue weighted by Crippen LogP contribution is -2.26. The number of hydrogen-bond acceptors (Lipinski definition) is 6. The molecule has 0 unspecified atom stereocenters. The van der Waals surface area contributed by atoms with Gasteiger partial charge in [-0.2, -0.15) is 5.10 Å². The van der Waals surface area contributed by atoms with Gasteiger partial charge in [-0.25, -0.2) is 9.37 Å². The van der Waals surface area contributed by atoms with Gasteiger partial charge in [0.15, 0.2) is 12.1 Å². The molecule has 0 bridgehead atoms. The van der Waals surface area contributed by atoms with Gasteiger partial charge in [-0.15, -0.1) is 0 Å². The van der Waals surface area contributed by atoms with E-state index in [1.165, 1.54) is 12.3 Å². The standard InChI is InChI=1S/C20H15FN6O3/c21-13-9-25-18(19-17(13)12(8-24-19)16(29)10-28)14-7-15(27-26-14)20(30)23-6-3-11-1-4-22-5-2-11/h1-2,4-5,7-10,24H,3,6H2,(H,23,30)(H,26,27). The number of aldehydes is 1. The zero-order valence-corrected chi connectivity index (χ0v) is 15.5. The van der Waals surface area contributed by atoms with Crippen LogP contribution in [0.4, 0.5) is 4.39 Å². The molecule has 0 atom stereocenters. The van der Waals surface area contributed by atoms with E-state index in [-0.39, 0.29) is 45.7 Å². The molecule has 3 N–H and O–H groups in total. The zero-order chi connectivity index (χ0) is 21.1. The fourth-order valence-electron chi connectivity index (χ4n) is 3.08. The van der Waals surface area contributed by atoms with E-state index in [1.807, 2.05) is 12.1 Å². The van der Waals surface area contributed by atoms with Crippen molar-refractivity contribution in [2.45, 2.75) is 6.42 Å². The first-order chi connectivity index (χ1) is 14.6. The van der Waals surface area contributed by atoms with Crippen molar-refractivity contribution in [3.8, 4) is 11.4 Å². The van der Waals surface area contributed by atoms with Crippen LogP contribution in [0.25, 0.3) is 22.3 Å². The highest BCUT2D eigenvalue weighted by Gasteiger charge is 2.21. The molecule has 0 aliphatic carbocycles. The van der Waals surface area contributed by atoms with E-state index < -0.39 is 11.6 Å². The van der Waals surface area contributed by atoms with Crippen LogP contribution in [0.15, 0.2) is 43.0 Å². The van der Waals surface area contributed by atoms with Gasteiger partial charge in [0.2, 0.25) is 5.78 Å². The molecule has 4 aromatic rings. The quantitative estimate of drug-likeness (QED) is 0.244. The fraction of sp³-hybridized carbons (Fsp3) is 0.100.